The predicted octanol–water partition coefficient (Wildman–Crippen LogP) is 2.88. The number of hydrogen-bond donors (Lipinski definition) is 1. The summed E-state index contributed by atoms with van der Waals surface area (Å²) >= 11 is 1.83. The average Bonchev–Trinajstić information content (AvgIpc) is 3.27. The lowest BCUT2D eigenvalue weighted by Gasteiger charge is -2.55. The first kappa shape index (κ1) is 19.2. The molecule has 2 saturated heterocycles. The van der Waals surface area contributed by atoms with Crippen molar-refractivity contribution in [2.75, 3.05) is 44.7 Å². The molecule has 7 heteroatoms. The molecule has 1 aromatic rings. The molecule has 1 N–H and O–H groups in total. The maximum Gasteiger partial charge on any atom is 0.194 e. The van der Waals surface area contributed by atoms with Gasteiger partial charge in [-0.15, -0.1) is 35.3 Å². The fourth-order valence-electron chi connectivity index (χ4n) is 4.64. The van der Waals surface area contributed by atoms with Gasteiger partial charge in [-0.05, 0) is 23.9 Å². The summed E-state index contributed by atoms with van der Waals surface area (Å²) < 4.78 is 5.91. The third kappa shape index (κ3) is 3.39. The van der Waals surface area contributed by atoms with Gasteiger partial charge in [-0.2, -0.15) is 0 Å². The number of aliphatic imine (C=N–C) groups is 1. The summed E-state index contributed by atoms with van der Waals surface area (Å²) in [5.74, 6) is 1.70. The van der Waals surface area contributed by atoms with E-state index in [9.17, 15) is 0 Å². The number of fused-ring (bicyclic) bond motifs is 1. The zero-order valence-electron chi connectivity index (χ0n) is 15.3. The summed E-state index contributed by atoms with van der Waals surface area (Å²) in [4.78, 5) is 9.46. The summed E-state index contributed by atoms with van der Waals surface area (Å²) in [5, 5.41) is 7.30. The lowest BCUT2D eigenvalue weighted by atomic mass is 9.57. The van der Waals surface area contributed by atoms with E-state index in [-0.39, 0.29) is 29.4 Å². The highest BCUT2D eigenvalue weighted by Crippen LogP contribution is 2.52. The van der Waals surface area contributed by atoms with Crippen molar-refractivity contribution in [3.8, 4) is 0 Å². The second kappa shape index (κ2) is 7.60. The van der Waals surface area contributed by atoms with Crippen molar-refractivity contribution in [1.29, 1.82) is 0 Å². The Morgan fingerprint density at radius 1 is 1.32 bits per heavy atom. The third-order valence-electron chi connectivity index (χ3n) is 5.99. The Hall–Kier alpha value is -0.540. The minimum atomic E-state index is 0. The van der Waals surface area contributed by atoms with E-state index >= 15 is 0 Å². The molecule has 25 heavy (non-hydrogen) atoms. The van der Waals surface area contributed by atoms with Crippen molar-refractivity contribution >= 4 is 46.3 Å². The molecule has 0 spiro atoms. The lowest BCUT2D eigenvalue weighted by Crippen LogP contribution is -2.68. The molecule has 4 rings (SSSR count). The molecule has 0 bridgehead atoms. The minimum absolute atomic E-state index is 0. The molecule has 3 unspecified atom stereocenters. The summed E-state index contributed by atoms with van der Waals surface area (Å²) in [6.07, 6.45) is 1.60. The first-order valence-electron chi connectivity index (χ1n) is 8.99. The zero-order chi connectivity index (χ0) is 16.7. The van der Waals surface area contributed by atoms with E-state index in [4.69, 9.17) is 4.74 Å². The van der Waals surface area contributed by atoms with Gasteiger partial charge in [0.15, 0.2) is 5.96 Å². The number of nitrogens with zero attached hydrogens (tertiary/aromatic N) is 3. The molecular weight excluding hydrogens is 447 g/mol. The smallest absolute Gasteiger partial charge is 0.194 e. The van der Waals surface area contributed by atoms with Crippen LogP contribution in [-0.4, -0.2) is 62.8 Å². The average molecular weight is 476 g/mol. The first-order chi connectivity index (χ1) is 11.6. The SMILES string of the molecule is CN=C(NC1C2CCOC2C1(C)C)N1CCN(c2cccs2)CC1.I. The molecular formula is C18H29IN4OS. The number of nitrogens with one attached hydrogen (secondary N) is 1. The van der Waals surface area contributed by atoms with Crippen LogP contribution in [0.4, 0.5) is 5.00 Å². The Morgan fingerprint density at radius 3 is 2.72 bits per heavy atom. The van der Waals surface area contributed by atoms with Gasteiger partial charge in [0.1, 0.15) is 0 Å². The van der Waals surface area contributed by atoms with E-state index in [1.165, 1.54) is 11.4 Å². The van der Waals surface area contributed by atoms with E-state index in [1.807, 2.05) is 18.4 Å². The van der Waals surface area contributed by atoms with Gasteiger partial charge in [0.25, 0.3) is 0 Å². The van der Waals surface area contributed by atoms with Crippen molar-refractivity contribution in [2.24, 2.45) is 16.3 Å². The van der Waals surface area contributed by atoms with E-state index < -0.39 is 0 Å². The predicted molar refractivity (Wildman–Crippen MR) is 115 cm³/mol. The monoisotopic (exact) mass is 476 g/mol. The highest BCUT2D eigenvalue weighted by Gasteiger charge is 2.59. The molecule has 0 aromatic carbocycles. The van der Waals surface area contributed by atoms with Gasteiger partial charge in [-0.25, -0.2) is 0 Å². The topological polar surface area (TPSA) is 40.1 Å². The quantitative estimate of drug-likeness (QED) is 0.405. The van der Waals surface area contributed by atoms with Crippen LogP contribution in [0, 0.1) is 11.3 Å². The molecule has 1 aliphatic carbocycles. The van der Waals surface area contributed by atoms with Crippen molar-refractivity contribution < 1.29 is 4.74 Å². The van der Waals surface area contributed by atoms with E-state index in [0.29, 0.717) is 18.1 Å². The van der Waals surface area contributed by atoms with Gasteiger partial charge in [-0.1, -0.05) is 13.8 Å². The molecule has 2 aliphatic heterocycles. The molecule has 0 radical (unpaired) electrons. The number of hydrogen-bond acceptors (Lipinski definition) is 4. The van der Waals surface area contributed by atoms with Gasteiger partial charge >= 0.3 is 0 Å². The summed E-state index contributed by atoms with van der Waals surface area (Å²) in [6, 6.07) is 4.81. The minimum Gasteiger partial charge on any atom is -0.377 e. The van der Waals surface area contributed by atoms with Crippen molar-refractivity contribution in [3.05, 3.63) is 17.5 Å². The van der Waals surface area contributed by atoms with Gasteiger partial charge in [0.2, 0.25) is 0 Å². The molecule has 5 nitrogen and oxygen atoms in total. The maximum atomic E-state index is 5.91. The zero-order valence-corrected chi connectivity index (χ0v) is 18.4. The van der Waals surface area contributed by atoms with Crippen LogP contribution >= 0.6 is 35.3 Å². The third-order valence-corrected chi connectivity index (χ3v) is 6.92. The molecule has 1 saturated carbocycles. The van der Waals surface area contributed by atoms with Crippen molar-refractivity contribution in [1.82, 2.24) is 10.2 Å². The summed E-state index contributed by atoms with van der Waals surface area (Å²) in [6.45, 7) is 9.72. The molecule has 140 valence electrons. The van der Waals surface area contributed by atoms with Crippen molar-refractivity contribution in [3.63, 3.8) is 0 Å². The van der Waals surface area contributed by atoms with Crippen LogP contribution in [0.5, 0.6) is 0 Å². The second-order valence-electron chi connectivity index (χ2n) is 7.66. The number of thiophene rings is 1. The normalized spacial score (nSPS) is 31.2. The van der Waals surface area contributed by atoms with Gasteiger partial charge in [0, 0.05) is 57.2 Å². The first-order valence-corrected chi connectivity index (χ1v) is 9.87. The largest absolute Gasteiger partial charge is 0.377 e. The Bertz CT molecular complexity index is 598. The number of anilines is 1. The second-order valence-corrected chi connectivity index (χ2v) is 8.59. The number of piperazine rings is 1. The van der Waals surface area contributed by atoms with Crippen LogP contribution in [0.1, 0.15) is 20.3 Å². The van der Waals surface area contributed by atoms with E-state index in [1.54, 1.807) is 0 Å². The van der Waals surface area contributed by atoms with Crippen LogP contribution in [-0.2, 0) is 4.74 Å². The fourth-order valence-corrected chi connectivity index (χ4v) is 5.43. The van der Waals surface area contributed by atoms with Gasteiger partial charge in [0.05, 0.1) is 11.1 Å². The van der Waals surface area contributed by atoms with Gasteiger partial charge < -0.3 is 19.9 Å². The highest BCUT2D eigenvalue weighted by atomic mass is 127. The number of ether oxygens (including phenoxy) is 1. The molecule has 3 atom stereocenters. The summed E-state index contributed by atoms with van der Waals surface area (Å²) in [5.41, 5.74) is 0.190. The number of halogens is 1. The molecule has 3 aliphatic rings. The van der Waals surface area contributed by atoms with Crippen LogP contribution < -0.4 is 10.2 Å². The molecule has 3 heterocycles. The fraction of sp³-hybridized carbons (Fsp3) is 0.722. The van der Waals surface area contributed by atoms with Gasteiger partial charge in [-0.3, -0.25) is 4.99 Å². The molecule has 3 fully saturated rings. The lowest BCUT2D eigenvalue weighted by molar-refractivity contribution is -0.107. The van der Waals surface area contributed by atoms with Crippen LogP contribution in [0.15, 0.2) is 22.5 Å². The highest BCUT2D eigenvalue weighted by molar-refractivity contribution is 14.0. The standard InChI is InChI=1S/C18H28N4OS.HI/c1-18(2)15(13-6-11-23-16(13)18)20-17(19-3)22-9-7-21(8-10-22)14-5-4-12-24-14;/h4-5,12-13,15-16H,6-11H2,1-3H3,(H,19,20);1H. The Kier molecular flexibility index (Phi) is 5.85. The summed E-state index contributed by atoms with van der Waals surface area (Å²) in [7, 11) is 1.91. The van der Waals surface area contributed by atoms with Crippen LogP contribution in [0.3, 0.4) is 0 Å². The van der Waals surface area contributed by atoms with Crippen molar-refractivity contribution in [2.45, 2.75) is 32.4 Å². The Balaban J connectivity index is 0.00000182. The number of rotatable bonds is 2. The Morgan fingerprint density at radius 2 is 2.08 bits per heavy atom. The van der Waals surface area contributed by atoms with Crippen LogP contribution in [0.25, 0.3) is 0 Å². The molecule has 1 aromatic heterocycles. The molecule has 0 amide bonds. The van der Waals surface area contributed by atoms with E-state index in [2.05, 4.69) is 51.5 Å². The van der Waals surface area contributed by atoms with Crippen LogP contribution in [0.2, 0.25) is 0 Å². The number of guanidine groups is 1. The Labute approximate surface area is 171 Å². The maximum absolute atomic E-state index is 5.91. The van der Waals surface area contributed by atoms with E-state index in [0.717, 1.165) is 38.7 Å².